The second-order valence-electron chi connectivity index (χ2n) is 5.58. The van der Waals surface area contributed by atoms with Crippen molar-refractivity contribution in [1.29, 1.82) is 0 Å². The Labute approximate surface area is 165 Å². The Morgan fingerprint density at radius 2 is 2.17 bits per heavy atom. The fourth-order valence-corrected chi connectivity index (χ4v) is 3.41. The molecule has 0 unspecified atom stereocenters. The molecule has 114 valence electrons. The van der Waals surface area contributed by atoms with Gasteiger partial charge in [-0.25, -0.2) is 4.98 Å². The fraction of sp³-hybridized carbons (Fsp3) is 0.250. The molecule has 0 bridgehead atoms. The van der Waals surface area contributed by atoms with E-state index in [1.54, 1.807) is 0 Å². The average Bonchev–Trinajstić information content (AvgIpc) is 3.03. The van der Waals surface area contributed by atoms with Gasteiger partial charge >= 0.3 is 29.6 Å². The molecule has 0 saturated heterocycles. The molecule has 0 atom stereocenters. The molecule has 7 heteroatoms. The molecule has 3 aromatic rings. The number of carbonyl (C=O) groups is 1. The zero-order valence-corrected chi connectivity index (χ0v) is 16.7. The topological polar surface area (TPSA) is 58.0 Å². The summed E-state index contributed by atoms with van der Waals surface area (Å²) in [6, 6.07) is 5.74. The Kier molecular flexibility index (Phi) is 5.92. The molecule has 0 aliphatic carbocycles. The van der Waals surface area contributed by atoms with Gasteiger partial charge in [0.1, 0.15) is 0 Å². The van der Waals surface area contributed by atoms with E-state index >= 15 is 0 Å². The Morgan fingerprint density at radius 1 is 1.43 bits per heavy atom. The molecule has 0 N–H and O–H groups in total. The molecule has 0 aliphatic rings. The number of rotatable bonds is 4. The third-order valence-electron chi connectivity index (χ3n) is 3.38. The summed E-state index contributed by atoms with van der Waals surface area (Å²) in [4.78, 5) is 15.3. The van der Waals surface area contributed by atoms with Gasteiger partial charge in [-0.05, 0) is 30.0 Å². The zero-order valence-electron chi connectivity index (χ0n) is 13.2. The second-order valence-corrected chi connectivity index (χ2v) is 7.02. The molecule has 4 nitrogen and oxygen atoms in total. The monoisotopic (exact) mass is 356 g/mol. The minimum absolute atomic E-state index is 0. The summed E-state index contributed by atoms with van der Waals surface area (Å²) in [5.74, 6) is -0.689. The van der Waals surface area contributed by atoms with Crippen LogP contribution in [0.3, 0.4) is 0 Å². The number of benzene rings is 1. The first-order valence-electron chi connectivity index (χ1n) is 6.92. The van der Waals surface area contributed by atoms with E-state index < -0.39 is 5.97 Å². The first-order chi connectivity index (χ1) is 10.5. The third kappa shape index (κ3) is 3.80. The number of hydrogen-bond acceptors (Lipinski definition) is 4. The van der Waals surface area contributed by atoms with Crippen LogP contribution in [0, 0.1) is 5.92 Å². The molecule has 3 rings (SSSR count). The van der Waals surface area contributed by atoms with Crippen molar-refractivity contribution in [3.63, 3.8) is 0 Å². The molecular formula is C16H14ClN2NaO2S. The summed E-state index contributed by atoms with van der Waals surface area (Å²) in [7, 11) is 0. The van der Waals surface area contributed by atoms with Crippen molar-refractivity contribution < 1.29 is 39.5 Å². The quantitative estimate of drug-likeness (QED) is 0.632. The van der Waals surface area contributed by atoms with Crippen LogP contribution < -0.4 is 34.7 Å². The molecule has 1 aromatic carbocycles. The second kappa shape index (κ2) is 7.36. The molecule has 2 aromatic heterocycles. The number of fused-ring (bicyclic) bond motifs is 1. The molecule has 0 saturated carbocycles. The van der Waals surface area contributed by atoms with Gasteiger partial charge in [0, 0.05) is 22.8 Å². The molecule has 0 radical (unpaired) electrons. The van der Waals surface area contributed by atoms with Crippen molar-refractivity contribution in [3.8, 4) is 5.13 Å². The third-order valence-corrected chi connectivity index (χ3v) is 4.59. The number of carboxylic acids is 1. The van der Waals surface area contributed by atoms with E-state index in [9.17, 15) is 9.90 Å². The summed E-state index contributed by atoms with van der Waals surface area (Å²) < 4.78 is 1.90. The Morgan fingerprint density at radius 3 is 2.78 bits per heavy atom. The van der Waals surface area contributed by atoms with Gasteiger partial charge in [0.15, 0.2) is 5.13 Å². The van der Waals surface area contributed by atoms with Gasteiger partial charge in [-0.2, -0.15) is 0 Å². The van der Waals surface area contributed by atoms with Crippen molar-refractivity contribution in [2.45, 2.75) is 20.3 Å². The van der Waals surface area contributed by atoms with Crippen LogP contribution in [-0.2, 0) is 6.42 Å². The van der Waals surface area contributed by atoms with Crippen molar-refractivity contribution in [3.05, 3.63) is 46.1 Å². The summed E-state index contributed by atoms with van der Waals surface area (Å²) >= 11 is 7.21. The molecule has 0 aliphatic heterocycles. The van der Waals surface area contributed by atoms with Gasteiger partial charge in [0.2, 0.25) is 0 Å². The van der Waals surface area contributed by atoms with E-state index in [0.29, 0.717) is 16.1 Å². The number of carboxylic acid groups (broad SMARTS) is 1. The van der Waals surface area contributed by atoms with E-state index in [1.807, 2.05) is 29.0 Å². The smallest absolute Gasteiger partial charge is 0.544 e. The van der Waals surface area contributed by atoms with Crippen LogP contribution in [-0.4, -0.2) is 15.5 Å². The summed E-state index contributed by atoms with van der Waals surface area (Å²) in [5.41, 5.74) is 2.13. The van der Waals surface area contributed by atoms with E-state index in [0.717, 1.165) is 28.7 Å². The van der Waals surface area contributed by atoms with Gasteiger partial charge in [-0.3, -0.25) is 4.57 Å². The zero-order chi connectivity index (χ0) is 15.9. The summed E-state index contributed by atoms with van der Waals surface area (Å²) in [6.07, 6.45) is 4.27. The van der Waals surface area contributed by atoms with Gasteiger partial charge in [-0.15, -0.1) is 0 Å². The maximum absolute atomic E-state index is 10.9. The van der Waals surface area contributed by atoms with Gasteiger partial charge in [0.25, 0.3) is 0 Å². The standard InChI is InChI=1S/C16H15ClN2O2S.Na/c1-9(2)5-10-8-19(13-6-11(17)3-4-12(10)13)16-18-7-14(22-16)15(20)21;/h3-4,6-9H,5H2,1-2H3,(H,20,21);/q;+1/p-1. The van der Waals surface area contributed by atoms with Crippen LogP contribution in [0.15, 0.2) is 30.6 Å². The van der Waals surface area contributed by atoms with Gasteiger partial charge < -0.3 is 9.90 Å². The van der Waals surface area contributed by atoms with Gasteiger partial charge in [-0.1, -0.05) is 42.9 Å². The molecule has 0 spiro atoms. The van der Waals surface area contributed by atoms with Crippen molar-refractivity contribution in [2.24, 2.45) is 5.92 Å². The Hall–Kier alpha value is -0.850. The van der Waals surface area contributed by atoms with Crippen LogP contribution >= 0.6 is 22.9 Å². The minimum Gasteiger partial charge on any atom is -0.544 e. The first kappa shape index (κ1) is 18.5. The van der Waals surface area contributed by atoms with Crippen molar-refractivity contribution in [2.75, 3.05) is 0 Å². The molecule has 0 fully saturated rings. The number of halogens is 1. The van der Waals surface area contributed by atoms with Crippen LogP contribution in [0.4, 0.5) is 0 Å². The number of nitrogens with zero attached hydrogens (tertiary/aromatic N) is 2. The SMILES string of the molecule is CC(C)Cc1cn(-c2ncc(C(=O)[O-])s2)c2cc(Cl)ccc12.[Na+]. The minimum atomic E-state index is -1.21. The Balaban J connectivity index is 0.00000192. The summed E-state index contributed by atoms with van der Waals surface area (Å²) in [5, 5.41) is 13.3. The normalized spacial score (nSPS) is 11.0. The van der Waals surface area contributed by atoms with E-state index in [4.69, 9.17) is 11.6 Å². The molecule has 2 heterocycles. The first-order valence-corrected chi connectivity index (χ1v) is 8.12. The van der Waals surface area contributed by atoms with Crippen LogP contribution in [0.5, 0.6) is 0 Å². The predicted octanol–water partition coefficient (Wildman–Crippen LogP) is 0.306. The maximum atomic E-state index is 10.9. The number of aromatic nitrogens is 2. The molecular weight excluding hydrogens is 343 g/mol. The number of thiazole rings is 1. The number of aromatic carboxylic acids is 1. The van der Waals surface area contributed by atoms with E-state index in [-0.39, 0.29) is 34.4 Å². The van der Waals surface area contributed by atoms with E-state index in [1.165, 1.54) is 11.8 Å². The molecule has 23 heavy (non-hydrogen) atoms. The van der Waals surface area contributed by atoms with Crippen molar-refractivity contribution in [1.82, 2.24) is 9.55 Å². The van der Waals surface area contributed by atoms with Crippen LogP contribution in [0.1, 0.15) is 29.1 Å². The number of hydrogen-bond donors (Lipinski definition) is 0. The van der Waals surface area contributed by atoms with Crippen LogP contribution in [0.25, 0.3) is 16.0 Å². The largest absolute Gasteiger partial charge is 1.00 e. The molecule has 0 amide bonds. The van der Waals surface area contributed by atoms with Gasteiger partial charge in [0.05, 0.1) is 16.4 Å². The fourth-order valence-electron chi connectivity index (χ4n) is 2.50. The number of carbonyl (C=O) groups excluding carboxylic acids is 1. The van der Waals surface area contributed by atoms with Crippen LogP contribution in [0.2, 0.25) is 5.02 Å². The predicted molar refractivity (Wildman–Crippen MR) is 86.8 cm³/mol. The maximum Gasteiger partial charge on any atom is 1.00 e. The average molecular weight is 357 g/mol. The van der Waals surface area contributed by atoms with E-state index in [2.05, 4.69) is 18.8 Å². The van der Waals surface area contributed by atoms with Crippen molar-refractivity contribution >= 4 is 39.8 Å². The summed E-state index contributed by atoms with van der Waals surface area (Å²) in [6.45, 7) is 4.33. The Bertz CT molecular complexity index is 857.